The number of benzene rings is 2. The van der Waals surface area contributed by atoms with Gasteiger partial charge in [0.2, 0.25) is 10.0 Å². The van der Waals surface area contributed by atoms with E-state index >= 15 is 0 Å². The number of anilines is 3. The summed E-state index contributed by atoms with van der Waals surface area (Å²) in [6, 6.07) is 11.6. The molecule has 0 atom stereocenters. The van der Waals surface area contributed by atoms with Crippen LogP contribution in [0.3, 0.4) is 0 Å². The first kappa shape index (κ1) is 25.5. The first-order valence-corrected chi connectivity index (χ1v) is 13.9. The van der Waals surface area contributed by atoms with Gasteiger partial charge >= 0.3 is 5.69 Å². The van der Waals surface area contributed by atoms with E-state index in [0.29, 0.717) is 20.1 Å². The van der Waals surface area contributed by atoms with Crippen molar-refractivity contribution in [1.82, 2.24) is 13.7 Å². The Morgan fingerprint density at radius 1 is 1.03 bits per heavy atom. The molecule has 0 bridgehead atoms. The lowest BCUT2D eigenvalue weighted by Crippen LogP contribution is -2.41. The third-order valence-electron chi connectivity index (χ3n) is 6.48. The van der Waals surface area contributed by atoms with Crippen LogP contribution in [0.15, 0.2) is 62.9 Å². The predicted octanol–water partition coefficient (Wildman–Crippen LogP) is 1.55. The highest BCUT2D eigenvalue weighted by molar-refractivity contribution is 7.92. The molecule has 0 amide bonds. The number of sulfonamides is 1. The van der Waals surface area contributed by atoms with E-state index < -0.39 is 32.6 Å². The monoisotopic (exact) mass is 537 g/mol. The molecule has 0 unspecified atom stereocenters. The largest absolute Gasteiger partial charge is 0.352 e. The van der Waals surface area contributed by atoms with Crippen LogP contribution in [0.2, 0.25) is 6.82 Å². The van der Waals surface area contributed by atoms with Crippen LogP contribution in [0.5, 0.6) is 0 Å². The molecule has 2 N–H and O–H groups in total. The van der Waals surface area contributed by atoms with E-state index in [2.05, 4.69) is 10.0 Å². The molecule has 2 aromatic heterocycles. The number of aromatic nitrogens is 3. The molecular weight excluding hydrogens is 512 g/mol. The van der Waals surface area contributed by atoms with Crippen LogP contribution in [0, 0.1) is 5.82 Å². The van der Waals surface area contributed by atoms with Crippen molar-refractivity contribution in [3.8, 4) is 5.69 Å². The van der Waals surface area contributed by atoms with Gasteiger partial charge < -0.3 is 5.32 Å². The lowest BCUT2D eigenvalue weighted by Gasteiger charge is -2.19. The van der Waals surface area contributed by atoms with E-state index in [-0.39, 0.29) is 39.8 Å². The van der Waals surface area contributed by atoms with Gasteiger partial charge in [0.05, 0.1) is 29.0 Å². The first-order chi connectivity index (χ1) is 18.0. The van der Waals surface area contributed by atoms with Crippen molar-refractivity contribution >= 4 is 50.9 Å². The Bertz CT molecular complexity index is 1890. The lowest BCUT2D eigenvalue weighted by atomic mass is 9.73. The van der Waals surface area contributed by atoms with Gasteiger partial charge in [0.15, 0.2) is 7.28 Å². The van der Waals surface area contributed by atoms with Crippen LogP contribution in [0.1, 0.15) is 18.9 Å². The maximum atomic E-state index is 14.9. The number of nitrogens with zero attached hydrogens (tertiary/aromatic N) is 3. The van der Waals surface area contributed by atoms with Crippen molar-refractivity contribution in [2.75, 3.05) is 16.3 Å². The van der Waals surface area contributed by atoms with E-state index in [1.807, 2.05) is 6.82 Å². The fraction of sp³-hybridized carbons (Fsp3) is 0.240. The molecule has 0 saturated heterocycles. The Morgan fingerprint density at radius 3 is 2.39 bits per heavy atom. The van der Waals surface area contributed by atoms with Crippen LogP contribution >= 0.6 is 0 Å². The normalized spacial score (nSPS) is 13.5. The lowest BCUT2D eigenvalue weighted by molar-refractivity contribution is 0.607. The van der Waals surface area contributed by atoms with Gasteiger partial charge in [-0.3, -0.25) is 23.4 Å². The van der Waals surface area contributed by atoms with Crippen LogP contribution in [0.25, 0.3) is 16.7 Å². The van der Waals surface area contributed by atoms with Crippen molar-refractivity contribution in [3.63, 3.8) is 0 Å². The number of hydrogen-bond acceptors (Lipinski definition) is 6. The Morgan fingerprint density at radius 2 is 1.76 bits per heavy atom. The molecule has 2 aromatic carbocycles. The summed E-state index contributed by atoms with van der Waals surface area (Å²) in [5.41, 5.74) is -0.433. The summed E-state index contributed by atoms with van der Waals surface area (Å²) in [5.74, 6) is -0.548. The fourth-order valence-electron chi connectivity index (χ4n) is 4.50. The molecule has 4 aromatic rings. The first-order valence-electron chi connectivity index (χ1n) is 12.0. The quantitative estimate of drug-likeness (QED) is 0.345. The molecule has 10 nitrogen and oxygen atoms in total. The van der Waals surface area contributed by atoms with Crippen molar-refractivity contribution in [2.24, 2.45) is 7.05 Å². The summed E-state index contributed by atoms with van der Waals surface area (Å²) in [5, 5.41) is 2.92. The highest BCUT2D eigenvalue weighted by atomic mass is 32.2. The van der Waals surface area contributed by atoms with Gasteiger partial charge in [-0.05, 0) is 43.2 Å². The van der Waals surface area contributed by atoms with Crippen LogP contribution in [-0.2, 0) is 17.1 Å². The fourth-order valence-corrected chi connectivity index (χ4v) is 5.05. The van der Waals surface area contributed by atoms with Crippen LogP contribution in [-0.4, -0.2) is 35.7 Å². The van der Waals surface area contributed by atoms with Crippen molar-refractivity contribution < 1.29 is 12.8 Å². The number of nitrogens with one attached hydrogen (secondary N) is 2. The summed E-state index contributed by atoms with van der Waals surface area (Å²) < 4.78 is 44.4. The number of pyridine rings is 1. The Hall–Kier alpha value is -4.13. The van der Waals surface area contributed by atoms with E-state index in [1.165, 1.54) is 46.5 Å². The second kappa shape index (κ2) is 9.32. The molecule has 1 saturated carbocycles. The molecule has 38 heavy (non-hydrogen) atoms. The van der Waals surface area contributed by atoms with E-state index in [9.17, 15) is 27.2 Å². The molecule has 2 heterocycles. The number of rotatable bonds is 7. The molecule has 0 aliphatic heterocycles. The summed E-state index contributed by atoms with van der Waals surface area (Å²) in [6.07, 6.45) is 2.28. The van der Waals surface area contributed by atoms with Crippen LogP contribution in [0.4, 0.5) is 21.5 Å². The predicted molar refractivity (Wildman–Crippen MR) is 148 cm³/mol. The van der Waals surface area contributed by atoms with Crippen LogP contribution < -0.4 is 32.3 Å². The van der Waals surface area contributed by atoms with Gasteiger partial charge in [0.25, 0.3) is 11.1 Å². The van der Waals surface area contributed by atoms with Gasteiger partial charge in [0, 0.05) is 19.2 Å². The number of aryl methyl sites for hydroxylation is 1. The SMILES string of the molecule is CBc1ccc(Nc2cc(=O)n(C)c3c2c(=O)n(C2CC2)c(=O)n3-c2cccc(NS(C)(=O)=O)c2)c(F)c1. The second-order valence-electron chi connectivity index (χ2n) is 9.40. The zero-order chi connectivity index (χ0) is 27.4. The third-order valence-corrected chi connectivity index (χ3v) is 7.09. The zero-order valence-electron chi connectivity index (χ0n) is 21.0. The highest BCUT2D eigenvalue weighted by Crippen LogP contribution is 2.33. The summed E-state index contributed by atoms with van der Waals surface area (Å²) in [7, 11) is -1.54. The highest BCUT2D eigenvalue weighted by Gasteiger charge is 2.31. The molecule has 0 radical (unpaired) electrons. The Balaban J connectivity index is 1.84. The van der Waals surface area contributed by atoms with Crippen molar-refractivity contribution in [1.29, 1.82) is 0 Å². The summed E-state index contributed by atoms with van der Waals surface area (Å²) in [6.45, 7) is 1.90. The topological polar surface area (TPSA) is 124 Å². The third kappa shape index (κ3) is 4.65. The average Bonchev–Trinajstić information content (AvgIpc) is 3.67. The molecular formula is C25H25BFN5O5S. The molecule has 5 rings (SSSR count). The minimum absolute atomic E-state index is 0.00556. The van der Waals surface area contributed by atoms with Gasteiger partial charge in [-0.1, -0.05) is 24.4 Å². The minimum Gasteiger partial charge on any atom is -0.352 e. The van der Waals surface area contributed by atoms with Gasteiger partial charge in [-0.15, -0.1) is 0 Å². The summed E-state index contributed by atoms with van der Waals surface area (Å²) >= 11 is 0. The van der Waals surface area contributed by atoms with Gasteiger partial charge in [-0.25, -0.2) is 22.2 Å². The van der Waals surface area contributed by atoms with E-state index in [4.69, 9.17) is 0 Å². The molecule has 13 heteroatoms. The molecule has 196 valence electrons. The molecule has 1 aliphatic carbocycles. The second-order valence-corrected chi connectivity index (χ2v) is 11.1. The average molecular weight is 537 g/mol. The van der Waals surface area contributed by atoms with Crippen molar-refractivity contribution in [3.05, 3.63) is 85.5 Å². The number of hydrogen-bond donors (Lipinski definition) is 2. The zero-order valence-corrected chi connectivity index (χ0v) is 21.8. The maximum absolute atomic E-state index is 14.9. The van der Waals surface area contributed by atoms with E-state index in [0.717, 1.165) is 16.3 Å². The maximum Gasteiger partial charge on any atom is 0.337 e. The standard InChI is InChI=1S/C25H25BFN5O5S/c1-26-14-7-10-19(18(27)11-14)28-20-13-21(33)30(2)23-22(20)24(34)32(16-8-9-16)25(35)31(23)17-6-4-5-15(12-17)29-38(3,36)37/h4-7,10-13,16,26,28-29H,8-9H2,1-3H3. The molecule has 1 aliphatic rings. The summed E-state index contributed by atoms with van der Waals surface area (Å²) in [4.78, 5) is 40.5. The number of halogens is 1. The van der Waals surface area contributed by atoms with Crippen molar-refractivity contribution in [2.45, 2.75) is 25.7 Å². The van der Waals surface area contributed by atoms with Gasteiger partial charge in [-0.2, -0.15) is 0 Å². The Kier molecular flexibility index (Phi) is 6.26. The smallest absolute Gasteiger partial charge is 0.337 e. The number of fused-ring (bicyclic) bond motifs is 1. The van der Waals surface area contributed by atoms with E-state index in [1.54, 1.807) is 18.2 Å². The molecule has 0 spiro atoms. The Labute approximate surface area is 217 Å². The minimum atomic E-state index is -3.61. The van der Waals surface area contributed by atoms with Gasteiger partial charge in [0.1, 0.15) is 16.9 Å². The molecule has 1 fully saturated rings.